The largest absolute Gasteiger partial charge is 0.479 e. The summed E-state index contributed by atoms with van der Waals surface area (Å²) in [5.41, 5.74) is 0.417. The molecule has 2 heterocycles. The second-order valence-corrected chi connectivity index (χ2v) is 12.6. The van der Waals surface area contributed by atoms with Crippen molar-refractivity contribution in [2.24, 2.45) is 0 Å². The summed E-state index contributed by atoms with van der Waals surface area (Å²) in [5.74, 6) is -1.09. The quantitative estimate of drug-likeness (QED) is 0.211. The van der Waals surface area contributed by atoms with Gasteiger partial charge in [0.2, 0.25) is 0 Å². The second kappa shape index (κ2) is 14.0. The van der Waals surface area contributed by atoms with E-state index in [1.165, 1.54) is 0 Å². The van der Waals surface area contributed by atoms with Crippen LogP contribution in [0.5, 0.6) is 0 Å². The summed E-state index contributed by atoms with van der Waals surface area (Å²) < 4.78 is 9.41. The zero-order valence-electron chi connectivity index (χ0n) is 25.9. The van der Waals surface area contributed by atoms with E-state index in [2.05, 4.69) is 53.4 Å². The van der Waals surface area contributed by atoms with Gasteiger partial charge in [-0.1, -0.05) is 92.1 Å². The number of hydrogen-bond donors (Lipinski definition) is 1. The predicted molar refractivity (Wildman–Crippen MR) is 176 cm³/mol. The van der Waals surface area contributed by atoms with E-state index in [1.807, 2.05) is 18.2 Å². The molecule has 0 spiro atoms. The van der Waals surface area contributed by atoms with Gasteiger partial charge in [-0.2, -0.15) is 0 Å². The number of unbranched alkanes of at least 4 members (excludes halogenated alkanes) is 1. The number of nitrogens with zero attached hydrogens (tertiary/aromatic N) is 3. The fourth-order valence-electron chi connectivity index (χ4n) is 7.26. The lowest BCUT2D eigenvalue weighted by molar-refractivity contribution is -0.150. The molecule has 8 nitrogen and oxygen atoms in total. The molecule has 6 rings (SSSR count). The van der Waals surface area contributed by atoms with Crippen molar-refractivity contribution in [3.05, 3.63) is 117 Å². The fourth-order valence-corrected chi connectivity index (χ4v) is 7.26. The number of hydrogen-bond acceptors (Lipinski definition) is 5. The first-order valence-electron chi connectivity index (χ1n) is 16.4. The average molecular weight is 610 g/mol. The zero-order valence-corrected chi connectivity index (χ0v) is 25.9. The minimum atomic E-state index is -1.48. The summed E-state index contributed by atoms with van der Waals surface area (Å²) in [6.45, 7) is 3.26. The van der Waals surface area contributed by atoms with Crippen molar-refractivity contribution in [1.82, 2.24) is 14.0 Å². The Bertz CT molecular complexity index is 1660. The molecule has 0 unspecified atom stereocenters. The highest BCUT2D eigenvalue weighted by Crippen LogP contribution is 2.34. The summed E-state index contributed by atoms with van der Waals surface area (Å²) in [4.78, 5) is 42.5. The molecule has 1 aromatic heterocycles. The molecule has 0 bridgehead atoms. The van der Waals surface area contributed by atoms with Crippen LogP contribution in [0.25, 0.3) is 10.9 Å². The summed E-state index contributed by atoms with van der Waals surface area (Å²) in [5, 5.41) is 10.7. The lowest BCUT2D eigenvalue weighted by Gasteiger charge is -2.35. The molecular weight excluding hydrogens is 566 g/mol. The number of rotatable bonds is 11. The number of likely N-dealkylation sites (tertiary alicyclic amines) is 1. The molecule has 0 amide bonds. The first kappa shape index (κ1) is 31.0. The lowest BCUT2D eigenvalue weighted by atomic mass is 9.81. The smallest absolute Gasteiger partial charge is 0.332 e. The normalized spacial score (nSPS) is 17.5. The number of benzene rings is 3. The number of para-hydroxylation sites is 1. The Morgan fingerprint density at radius 3 is 2.00 bits per heavy atom. The molecule has 0 atom stereocenters. The molecule has 1 saturated carbocycles. The molecular formula is C37H43N3O5. The van der Waals surface area contributed by atoms with Gasteiger partial charge in [-0.3, -0.25) is 9.36 Å². The third-order valence-electron chi connectivity index (χ3n) is 9.73. The molecule has 1 N–H and O–H groups in total. The summed E-state index contributed by atoms with van der Waals surface area (Å²) in [7, 11) is 0. The van der Waals surface area contributed by atoms with E-state index in [0.717, 1.165) is 67.4 Å². The number of carboxylic acid groups (broad SMARTS) is 1. The Hall–Kier alpha value is -4.01. The van der Waals surface area contributed by atoms with Crippen molar-refractivity contribution in [2.75, 3.05) is 19.6 Å². The number of carboxylic acids is 1. The standard InChI is InChI=1S/C37H43N3O5/c41-34-31-18-8-9-19-32(31)39(36(44)40(34)37(35(42)43)22-10-3-11-23-37)25-13-12-24-38-26-20-30(21-27-38)45-33(28-14-4-1-5-15-28)29-16-6-2-7-17-29/h1-2,4-9,14-19,30,33H,3,10-13,20-27H2,(H,42,43). The van der Waals surface area contributed by atoms with Crippen LogP contribution in [0, 0.1) is 0 Å². The van der Waals surface area contributed by atoms with Crippen molar-refractivity contribution in [1.29, 1.82) is 0 Å². The van der Waals surface area contributed by atoms with Crippen molar-refractivity contribution in [3.8, 4) is 0 Å². The van der Waals surface area contributed by atoms with Gasteiger partial charge in [0.15, 0.2) is 0 Å². The molecule has 3 aromatic carbocycles. The van der Waals surface area contributed by atoms with Crippen LogP contribution in [0.4, 0.5) is 0 Å². The van der Waals surface area contributed by atoms with E-state index < -0.39 is 22.8 Å². The van der Waals surface area contributed by atoms with Gasteiger partial charge in [-0.15, -0.1) is 0 Å². The van der Waals surface area contributed by atoms with E-state index in [1.54, 1.807) is 22.8 Å². The van der Waals surface area contributed by atoms with Gasteiger partial charge in [-0.25, -0.2) is 14.2 Å². The van der Waals surface area contributed by atoms with Crippen LogP contribution in [0.15, 0.2) is 94.5 Å². The van der Waals surface area contributed by atoms with Crippen molar-refractivity contribution >= 4 is 16.9 Å². The molecule has 1 aliphatic heterocycles. The Kier molecular flexibility index (Phi) is 9.61. The van der Waals surface area contributed by atoms with Gasteiger partial charge in [0, 0.05) is 19.6 Å². The maximum Gasteiger partial charge on any atom is 0.332 e. The number of aliphatic carboxylic acids is 1. The minimum absolute atomic E-state index is 0.0887. The van der Waals surface area contributed by atoms with Crippen LogP contribution in [-0.4, -0.2) is 50.8 Å². The fraction of sp³-hybridized carbons (Fsp3) is 0.432. The second-order valence-electron chi connectivity index (χ2n) is 12.6. The van der Waals surface area contributed by atoms with Crippen LogP contribution in [0.1, 0.15) is 75.0 Å². The summed E-state index contributed by atoms with van der Waals surface area (Å²) in [6.07, 6.45) is 6.54. The molecule has 2 fully saturated rings. The maximum absolute atomic E-state index is 13.9. The first-order chi connectivity index (χ1) is 22.0. The number of aryl methyl sites for hydroxylation is 1. The molecule has 1 aliphatic carbocycles. The number of fused-ring (bicyclic) bond motifs is 1. The average Bonchev–Trinajstić information content (AvgIpc) is 3.08. The molecule has 45 heavy (non-hydrogen) atoms. The third kappa shape index (κ3) is 6.53. The van der Waals surface area contributed by atoms with Crippen LogP contribution in [-0.2, 0) is 21.6 Å². The van der Waals surface area contributed by atoms with Gasteiger partial charge in [-0.05, 0) is 68.3 Å². The third-order valence-corrected chi connectivity index (χ3v) is 9.73. The summed E-state index contributed by atoms with van der Waals surface area (Å²) in [6, 6.07) is 27.9. The van der Waals surface area contributed by atoms with Crippen LogP contribution >= 0.6 is 0 Å². The molecule has 4 aromatic rings. The van der Waals surface area contributed by atoms with E-state index in [0.29, 0.717) is 43.1 Å². The van der Waals surface area contributed by atoms with Gasteiger partial charge < -0.3 is 14.7 Å². The van der Waals surface area contributed by atoms with Gasteiger partial charge in [0.1, 0.15) is 11.6 Å². The lowest BCUT2D eigenvalue weighted by Crippen LogP contribution is -2.56. The Morgan fingerprint density at radius 2 is 1.38 bits per heavy atom. The first-order valence-corrected chi connectivity index (χ1v) is 16.4. The van der Waals surface area contributed by atoms with Gasteiger partial charge in [0.25, 0.3) is 5.56 Å². The van der Waals surface area contributed by atoms with E-state index >= 15 is 0 Å². The maximum atomic E-state index is 13.9. The predicted octanol–water partition coefficient (Wildman–Crippen LogP) is 5.96. The monoisotopic (exact) mass is 609 g/mol. The Balaban J connectivity index is 1.09. The topological polar surface area (TPSA) is 93.8 Å². The molecule has 0 radical (unpaired) electrons. The molecule has 236 valence electrons. The van der Waals surface area contributed by atoms with Crippen molar-refractivity contribution in [3.63, 3.8) is 0 Å². The van der Waals surface area contributed by atoms with Crippen molar-refractivity contribution in [2.45, 2.75) is 82.1 Å². The highest BCUT2D eigenvalue weighted by Gasteiger charge is 2.44. The van der Waals surface area contributed by atoms with E-state index in [9.17, 15) is 19.5 Å². The number of aromatic nitrogens is 2. The number of ether oxygens (including phenoxy) is 1. The van der Waals surface area contributed by atoms with Crippen LogP contribution in [0.2, 0.25) is 0 Å². The molecule has 2 aliphatic rings. The van der Waals surface area contributed by atoms with Crippen molar-refractivity contribution < 1.29 is 14.6 Å². The van der Waals surface area contributed by atoms with Crippen LogP contribution in [0.3, 0.4) is 0 Å². The van der Waals surface area contributed by atoms with E-state index in [4.69, 9.17) is 4.74 Å². The zero-order chi connectivity index (χ0) is 31.2. The summed E-state index contributed by atoms with van der Waals surface area (Å²) >= 11 is 0. The van der Waals surface area contributed by atoms with Gasteiger partial charge >= 0.3 is 11.7 Å². The van der Waals surface area contributed by atoms with E-state index in [-0.39, 0.29) is 12.2 Å². The number of piperidine rings is 1. The Labute approximate surface area is 263 Å². The highest BCUT2D eigenvalue weighted by molar-refractivity contribution is 5.80. The SMILES string of the molecule is O=C(O)C1(n2c(=O)c3ccccc3n(CCCCN3CCC(OC(c4ccccc4)c4ccccc4)CC3)c2=O)CCCCC1. The Morgan fingerprint density at radius 1 is 0.800 bits per heavy atom. The molecule has 1 saturated heterocycles. The highest BCUT2D eigenvalue weighted by atomic mass is 16.5. The number of carbonyl (C=O) groups is 1. The molecule has 8 heteroatoms. The van der Waals surface area contributed by atoms with Gasteiger partial charge in [0.05, 0.1) is 17.0 Å². The van der Waals surface area contributed by atoms with Crippen LogP contribution < -0.4 is 11.2 Å². The minimum Gasteiger partial charge on any atom is -0.479 e.